The van der Waals surface area contributed by atoms with Crippen molar-refractivity contribution >= 4 is 0 Å². The molecule has 4 unspecified atom stereocenters. The van der Waals surface area contributed by atoms with Crippen LogP contribution < -0.4 is 44.5 Å². The third kappa shape index (κ3) is 31.3. The van der Waals surface area contributed by atoms with Crippen LogP contribution >= 0.6 is 0 Å². The molecule has 14 aromatic rings. The fourth-order valence-electron chi connectivity index (χ4n) is 15.8. The van der Waals surface area contributed by atoms with Crippen molar-refractivity contribution in [3.63, 3.8) is 0 Å². The lowest BCUT2D eigenvalue weighted by Crippen LogP contribution is -2.18. The molecule has 21 heteroatoms. The molecule has 1 aliphatic heterocycles. The van der Waals surface area contributed by atoms with Gasteiger partial charge in [-0.1, -0.05) is 182 Å². The first-order chi connectivity index (χ1) is 62.0. The highest BCUT2D eigenvalue weighted by Gasteiger charge is 2.29. The Kier molecular flexibility index (Phi) is 40.8. The SMILES string of the molecule is COc1ccccc1C(CCN)c1ccccc1.Fc1cccc(C(c2cccc(F)c2)C2CCNC2)c1.NCC(c1ccc(F)cc1)c1ccc(F)cc1.NCC(c1cccc(F)c1)c1cccc(F)c1.NCCC(c1cccc(F)c1)c1cc(F)cc(F)c1.NCCC(c1cccc(O)c1)c1cccc(F)c1.NCCCC(c1cccc(F)c1)c1cccc(F)c1. The number of hydrogen-bond acceptors (Lipinski definition) is 9. The van der Waals surface area contributed by atoms with Crippen LogP contribution in [-0.2, 0) is 0 Å². The number of aromatic hydroxyl groups is 1. The second kappa shape index (κ2) is 52.6. The van der Waals surface area contributed by atoms with Crippen molar-refractivity contribution in [3.05, 3.63) is 487 Å². The van der Waals surface area contributed by atoms with Gasteiger partial charge in [0.05, 0.1) is 7.11 Å². The van der Waals surface area contributed by atoms with Crippen LogP contribution in [0.2, 0.25) is 0 Å². The first-order valence-corrected chi connectivity index (χ1v) is 42.4. The summed E-state index contributed by atoms with van der Waals surface area (Å²) in [6.45, 7) is 4.66. The third-order valence-corrected chi connectivity index (χ3v) is 21.8. The molecule has 0 aliphatic carbocycles. The molecule has 1 fully saturated rings. The number of nitrogens with one attached hydrogen (secondary N) is 1. The van der Waals surface area contributed by atoms with Gasteiger partial charge in [0.2, 0.25) is 0 Å². The molecule has 0 bridgehead atoms. The quantitative estimate of drug-likeness (QED) is 0.0231. The van der Waals surface area contributed by atoms with E-state index in [0.29, 0.717) is 75.1 Å². The fourth-order valence-corrected chi connectivity index (χ4v) is 15.8. The molecule has 0 aromatic heterocycles. The predicted octanol–water partition coefficient (Wildman–Crippen LogP) is 23.4. The van der Waals surface area contributed by atoms with E-state index in [0.717, 1.165) is 106 Å². The van der Waals surface area contributed by atoms with Gasteiger partial charge in [0.15, 0.2) is 0 Å². The summed E-state index contributed by atoms with van der Waals surface area (Å²) in [5.41, 5.74) is 46.3. The Morgan fingerprint density at radius 1 is 0.281 bits per heavy atom. The zero-order chi connectivity index (χ0) is 91.7. The van der Waals surface area contributed by atoms with E-state index in [1.54, 1.807) is 128 Å². The van der Waals surface area contributed by atoms with Crippen molar-refractivity contribution in [3.8, 4) is 11.5 Å². The summed E-state index contributed by atoms with van der Waals surface area (Å²) >= 11 is 0. The van der Waals surface area contributed by atoms with Crippen LogP contribution in [0.5, 0.6) is 11.5 Å². The largest absolute Gasteiger partial charge is 0.508 e. The highest BCUT2D eigenvalue weighted by Crippen LogP contribution is 2.39. The molecule has 128 heavy (non-hydrogen) atoms. The van der Waals surface area contributed by atoms with E-state index in [2.05, 4.69) is 35.6 Å². The van der Waals surface area contributed by atoms with Gasteiger partial charge in [-0.05, 0) is 308 Å². The van der Waals surface area contributed by atoms with Crippen LogP contribution in [0, 0.1) is 75.7 Å². The highest BCUT2D eigenvalue weighted by molar-refractivity contribution is 5.44. The maximum absolute atomic E-state index is 13.5. The van der Waals surface area contributed by atoms with Gasteiger partial charge in [-0.25, -0.2) is 52.7 Å². The molecular formula is C107H109F12N7O2. The van der Waals surface area contributed by atoms with Crippen molar-refractivity contribution in [2.45, 2.75) is 80.0 Å². The van der Waals surface area contributed by atoms with E-state index >= 15 is 0 Å². The Bertz CT molecular complexity index is 5390. The van der Waals surface area contributed by atoms with Gasteiger partial charge in [0, 0.05) is 66.1 Å². The molecule has 4 atom stereocenters. The Morgan fingerprint density at radius 3 is 0.938 bits per heavy atom. The zero-order valence-corrected chi connectivity index (χ0v) is 71.2. The van der Waals surface area contributed by atoms with Gasteiger partial charge < -0.3 is 49.6 Å². The lowest BCUT2D eigenvalue weighted by atomic mass is 9.80. The Labute approximate surface area is 742 Å². The molecule has 9 nitrogen and oxygen atoms in total. The molecule has 0 saturated carbocycles. The number of benzene rings is 14. The summed E-state index contributed by atoms with van der Waals surface area (Å²) < 4.78 is 164. The summed E-state index contributed by atoms with van der Waals surface area (Å²) in [5.74, 6) is -2.79. The summed E-state index contributed by atoms with van der Waals surface area (Å²) in [4.78, 5) is 0. The molecule has 0 radical (unpaired) electrons. The van der Waals surface area contributed by atoms with Crippen LogP contribution in [-0.4, -0.2) is 64.6 Å². The molecule has 1 aliphatic rings. The first-order valence-electron chi connectivity index (χ1n) is 42.4. The van der Waals surface area contributed by atoms with Gasteiger partial charge in [0.1, 0.15) is 81.3 Å². The summed E-state index contributed by atoms with van der Waals surface area (Å²) in [6, 6.07) is 92.6. The van der Waals surface area contributed by atoms with Gasteiger partial charge in [-0.3, -0.25) is 0 Å². The molecule has 1 heterocycles. The average Bonchev–Trinajstić information content (AvgIpc) is 1.41. The lowest BCUT2D eigenvalue weighted by Gasteiger charge is -2.24. The van der Waals surface area contributed by atoms with E-state index in [4.69, 9.17) is 39.1 Å². The normalized spacial score (nSPS) is 12.7. The van der Waals surface area contributed by atoms with Gasteiger partial charge in [0.25, 0.3) is 0 Å². The molecule has 14 N–H and O–H groups in total. The minimum Gasteiger partial charge on any atom is -0.508 e. The number of phenols is 1. The van der Waals surface area contributed by atoms with E-state index in [-0.39, 0.29) is 99.4 Å². The van der Waals surface area contributed by atoms with Gasteiger partial charge in [-0.2, -0.15) is 0 Å². The molecule has 0 amide bonds. The number of rotatable bonds is 27. The van der Waals surface area contributed by atoms with E-state index < -0.39 is 11.6 Å². The Morgan fingerprint density at radius 2 is 0.586 bits per heavy atom. The minimum absolute atomic E-state index is 0.0119. The minimum atomic E-state index is -0.645. The molecular weight excluding hydrogens is 1640 g/mol. The van der Waals surface area contributed by atoms with Gasteiger partial charge >= 0.3 is 0 Å². The number of nitrogens with two attached hydrogens (primary N) is 6. The zero-order valence-electron chi connectivity index (χ0n) is 71.2. The van der Waals surface area contributed by atoms with Crippen LogP contribution in [0.25, 0.3) is 0 Å². The molecule has 14 aromatic carbocycles. The maximum Gasteiger partial charge on any atom is 0.126 e. The average molecular weight is 1750 g/mol. The lowest BCUT2D eigenvalue weighted by molar-refractivity contribution is 0.406. The number of methoxy groups -OCH3 is 1. The van der Waals surface area contributed by atoms with Crippen LogP contribution in [0.4, 0.5) is 52.7 Å². The molecule has 0 spiro atoms. The van der Waals surface area contributed by atoms with E-state index in [9.17, 15) is 57.8 Å². The second-order valence-electron chi connectivity index (χ2n) is 30.7. The van der Waals surface area contributed by atoms with Gasteiger partial charge in [-0.15, -0.1) is 0 Å². The number of hydrogen-bond donors (Lipinski definition) is 8. The second-order valence-corrected chi connectivity index (χ2v) is 30.7. The first kappa shape index (κ1) is 99.3. The Hall–Kier alpha value is -12.4. The number of phenolic OH excluding ortho intramolecular Hbond substituents is 1. The monoisotopic (exact) mass is 1750 g/mol. The third-order valence-electron chi connectivity index (χ3n) is 21.8. The van der Waals surface area contributed by atoms with Crippen molar-refractivity contribution in [2.75, 3.05) is 59.5 Å². The number of ether oxygens (including phenoxy) is 1. The molecule has 15 rings (SSSR count). The van der Waals surface area contributed by atoms with Crippen molar-refractivity contribution in [2.24, 2.45) is 40.3 Å². The maximum atomic E-state index is 13.5. The Balaban J connectivity index is 0.000000169. The standard InChI is InChI=1S/C17H17F2N.C16H17F2N.C16H19NO.C15H14F3N.C15H16FNO.2C14H13F2N/c18-15-5-1-3-12(9-15)17(14-7-8-20-11-14)13-4-2-6-16(19)10-13;17-14-6-1-4-12(10-14)16(8-3-9-19)13-5-2-7-15(18)11-13;1-18-16-10-6-5-9-15(16)14(11-12-17)13-7-3-2-4-8-13;16-12-3-1-2-10(6-12)15(4-5-19)11-7-13(17)9-14(18)8-11;16-13-5-1-3-11(9-13)15(7-8-17)12-4-2-6-14(18)10-12;15-12-5-1-10(2-6-12)14(9-17)11-3-7-13(16)8-4-11;15-12-5-1-3-10(7-12)14(9-17)11-4-2-6-13(16)8-11/h1-6,9-10,14,17,20H,7-8,11H2;1-2,4-7,10-11,16H,3,8-9,19H2;2-10,14H,11-12,17H2,1H3;1-3,6-9,15H,4-5,19H2;1-6,9-10,15,18H,7-8,17H2;2*1-8,14H,9,17H2. The highest BCUT2D eigenvalue weighted by atomic mass is 19.2. The van der Waals surface area contributed by atoms with Crippen molar-refractivity contribution in [1.82, 2.24) is 5.32 Å². The van der Waals surface area contributed by atoms with Crippen LogP contribution in [0.1, 0.15) is 158 Å². The smallest absolute Gasteiger partial charge is 0.126 e. The summed E-state index contributed by atoms with van der Waals surface area (Å²) in [7, 11) is 1.71. The summed E-state index contributed by atoms with van der Waals surface area (Å²) in [6.07, 6.45) is 4.75. The number of halogens is 12. The van der Waals surface area contributed by atoms with Crippen LogP contribution in [0.15, 0.2) is 340 Å². The van der Waals surface area contributed by atoms with Crippen molar-refractivity contribution < 1.29 is 62.5 Å². The van der Waals surface area contributed by atoms with Crippen molar-refractivity contribution in [1.29, 1.82) is 0 Å². The fraction of sp³-hybridized carbons (Fsp3) is 0.215. The summed E-state index contributed by atoms with van der Waals surface area (Å²) in [5, 5.41) is 12.9. The predicted molar refractivity (Wildman–Crippen MR) is 489 cm³/mol. The topological polar surface area (TPSA) is 198 Å². The van der Waals surface area contributed by atoms with E-state index in [1.165, 1.54) is 132 Å². The van der Waals surface area contributed by atoms with Crippen LogP contribution in [0.3, 0.4) is 0 Å². The molecule has 1 saturated heterocycles. The molecule has 668 valence electrons. The number of para-hydroxylation sites is 1. The van der Waals surface area contributed by atoms with E-state index in [1.807, 2.05) is 60.7 Å².